The van der Waals surface area contributed by atoms with Crippen LogP contribution in [0.25, 0.3) is 16.0 Å². The highest BCUT2D eigenvalue weighted by Crippen LogP contribution is 2.23. The van der Waals surface area contributed by atoms with E-state index in [-0.39, 0.29) is 0 Å². The molecule has 0 bridgehead atoms. The number of nitrogens with zero attached hydrogens (tertiary/aromatic N) is 2. The van der Waals surface area contributed by atoms with Gasteiger partial charge in [-0.3, -0.25) is 4.40 Å². The van der Waals surface area contributed by atoms with Crippen molar-refractivity contribution in [1.82, 2.24) is 9.38 Å². The van der Waals surface area contributed by atoms with E-state index >= 15 is 0 Å². The zero-order valence-electron chi connectivity index (χ0n) is 6.57. The van der Waals surface area contributed by atoms with Crippen molar-refractivity contribution in [3.8, 4) is 0 Å². The number of halogens is 1. The van der Waals surface area contributed by atoms with Gasteiger partial charge < -0.3 is 0 Å². The minimum atomic E-state index is 0.727. The van der Waals surface area contributed by atoms with Crippen LogP contribution in [-0.4, -0.2) is 9.38 Å². The fraction of sp³-hybridized carbons (Fsp3) is 0. The van der Waals surface area contributed by atoms with E-state index in [0.717, 1.165) is 16.2 Å². The molecule has 3 aromatic rings. The molecule has 13 heavy (non-hydrogen) atoms. The molecule has 64 valence electrons. The van der Waals surface area contributed by atoms with Gasteiger partial charge in [-0.05, 0) is 17.5 Å². The van der Waals surface area contributed by atoms with Crippen LogP contribution in [0.4, 0.5) is 0 Å². The first-order valence-corrected chi connectivity index (χ1v) is 5.11. The normalized spacial score (nSPS) is 11.5. The Hall–Kier alpha value is -1.06. The van der Waals surface area contributed by atoms with Gasteiger partial charge in [-0.25, -0.2) is 4.98 Å². The number of hydrogen-bond donors (Lipinski definition) is 0. The fourth-order valence-corrected chi connectivity index (χ4v) is 2.39. The van der Waals surface area contributed by atoms with Crippen LogP contribution in [0.3, 0.4) is 0 Å². The maximum Gasteiger partial charge on any atom is 0.140 e. The van der Waals surface area contributed by atoms with E-state index in [1.807, 2.05) is 34.2 Å². The molecule has 0 saturated carbocycles. The Bertz CT molecular complexity index is 581. The van der Waals surface area contributed by atoms with E-state index < -0.39 is 0 Å². The summed E-state index contributed by atoms with van der Waals surface area (Å²) in [4.78, 5) is 5.60. The second-order valence-electron chi connectivity index (χ2n) is 2.80. The van der Waals surface area contributed by atoms with E-state index in [2.05, 4.69) is 4.98 Å². The molecule has 3 rings (SSSR count). The highest BCUT2D eigenvalue weighted by atomic mass is 35.5. The van der Waals surface area contributed by atoms with E-state index in [0.29, 0.717) is 0 Å². The molecule has 0 N–H and O–H groups in total. The van der Waals surface area contributed by atoms with Gasteiger partial charge in [0.2, 0.25) is 0 Å². The van der Waals surface area contributed by atoms with Crippen molar-refractivity contribution in [3.05, 3.63) is 34.8 Å². The molecule has 0 saturated heterocycles. The summed E-state index contributed by atoms with van der Waals surface area (Å²) in [5, 5.41) is 2.77. The molecule has 0 aromatic carbocycles. The topological polar surface area (TPSA) is 17.3 Å². The summed E-state index contributed by atoms with van der Waals surface area (Å²) in [6.45, 7) is 0. The van der Waals surface area contributed by atoms with Gasteiger partial charge in [0.15, 0.2) is 0 Å². The number of pyridine rings is 1. The lowest BCUT2D eigenvalue weighted by Gasteiger charge is -1.92. The molecular formula is C9H5ClN2S. The Morgan fingerprint density at radius 1 is 1.38 bits per heavy atom. The lowest BCUT2D eigenvalue weighted by atomic mass is 10.5. The maximum absolute atomic E-state index is 5.86. The standard InChI is InChI=1S/C9H5ClN2S/c10-6-1-3-12-8(5-6)11-7-2-4-13-9(7)12/h1-5H. The monoisotopic (exact) mass is 208 g/mol. The highest BCUT2D eigenvalue weighted by Gasteiger charge is 2.04. The maximum atomic E-state index is 5.86. The molecule has 4 heteroatoms. The number of imidazole rings is 1. The molecule has 0 unspecified atom stereocenters. The number of aromatic nitrogens is 2. The van der Waals surface area contributed by atoms with Crippen molar-refractivity contribution < 1.29 is 0 Å². The van der Waals surface area contributed by atoms with E-state index in [9.17, 15) is 0 Å². The van der Waals surface area contributed by atoms with Gasteiger partial charge in [0.05, 0.1) is 0 Å². The van der Waals surface area contributed by atoms with Crippen LogP contribution in [0.1, 0.15) is 0 Å². The third-order valence-corrected chi connectivity index (χ3v) is 3.11. The molecule has 0 aliphatic rings. The summed E-state index contributed by atoms with van der Waals surface area (Å²) < 4.78 is 2.05. The van der Waals surface area contributed by atoms with Crippen molar-refractivity contribution in [2.75, 3.05) is 0 Å². The van der Waals surface area contributed by atoms with E-state index in [1.54, 1.807) is 11.3 Å². The average Bonchev–Trinajstić information content (AvgIpc) is 2.62. The SMILES string of the molecule is Clc1ccn2c(c1)nc1ccsc12. The van der Waals surface area contributed by atoms with Crippen LogP contribution in [0.5, 0.6) is 0 Å². The first-order chi connectivity index (χ1) is 6.34. The van der Waals surface area contributed by atoms with E-state index in [4.69, 9.17) is 11.6 Å². The van der Waals surface area contributed by atoms with Crippen LogP contribution < -0.4 is 0 Å². The molecule has 2 nitrogen and oxygen atoms in total. The summed E-state index contributed by atoms with van der Waals surface area (Å²) >= 11 is 7.55. The van der Waals surface area contributed by atoms with Crippen LogP contribution in [0.2, 0.25) is 5.02 Å². The smallest absolute Gasteiger partial charge is 0.140 e. The van der Waals surface area contributed by atoms with Crippen LogP contribution >= 0.6 is 22.9 Å². The molecule has 0 spiro atoms. The molecular weight excluding hydrogens is 204 g/mol. The third kappa shape index (κ3) is 0.975. The van der Waals surface area contributed by atoms with Gasteiger partial charge in [-0.2, -0.15) is 0 Å². The molecule has 0 aliphatic carbocycles. The molecule has 0 atom stereocenters. The quantitative estimate of drug-likeness (QED) is 0.555. The van der Waals surface area contributed by atoms with Gasteiger partial charge in [0, 0.05) is 17.3 Å². The van der Waals surface area contributed by atoms with Crippen molar-refractivity contribution in [1.29, 1.82) is 0 Å². The largest absolute Gasteiger partial charge is 0.291 e. The molecule has 0 fully saturated rings. The minimum Gasteiger partial charge on any atom is -0.291 e. The van der Waals surface area contributed by atoms with E-state index in [1.165, 1.54) is 4.83 Å². The number of fused-ring (bicyclic) bond motifs is 3. The predicted molar refractivity (Wildman–Crippen MR) is 55.6 cm³/mol. The Balaban J connectivity index is 2.59. The Kier molecular flexibility index (Phi) is 1.39. The lowest BCUT2D eigenvalue weighted by molar-refractivity contribution is 1.24. The predicted octanol–water partition coefficient (Wildman–Crippen LogP) is 3.20. The Labute approximate surface area is 83.4 Å². The zero-order valence-corrected chi connectivity index (χ0v) is 8.14. The van der Waals surface area contributed by atoms with Crippen molar-refractivity contribution >= 4 is 38.9 Å². The summed E-state index contributed by atoms with van der Waals surface area (Å²) in [5.74, 6) is 0. The molecule has 0 amide bonds. The first kappa shape index (κ1) is 7.35. The summed E-state index contributed by atoms with van der Waals surface area (Å²) in [6, 6.07) is 5.75. The lowest BCUT2D eigenvalue weighted by Crippen LogP contribution is -1.80. The fourth-order valence-electron chi connectivity index (χ4n) is 1.40. The molecule has 0 aliphatic heterocycles. The Morgan fingerprint density at radius 3 is 3.23 bits per heavy atom. The summed E-state index contributed by atoms with van der Waals surface area (Å²) in [6.07, 6.45) is 1.95. The molecule has 3 aromatic heterocycles. The Morgan fingerprint density at radius 2 is 2.31 bits per heavy atom. The van der Waals surface area contributed by atoms with Crippen LogP contribution in [-0.2, 0) is 0 Å². The van der Waals surface area contributed by atoms with Gasteiger partial charge in [0.1, 0.15) is 16.0 Å². The van der Waals surface area contributed by atoms with Crippen LogP contribution in [0.15, 0.2) is 29.8 Å². The zero-order chi connectivity index (χ0) is 8.84. The van der Waals surface area contributed by atoms with Crippen molar-refractivity contribution in [2.45, 2.75) is 0 Å². The summed E-state index contributed by atoms with van der Waals surface area (Å²) in [7, 11) is 0. The third-order valence-electron chi connectivity index (χ3n) is 1.98. The molecule has 3 heterocycles. The van der Waals surface area contributed by atoms with Crippen molar-refractivity contribution in [3.63, 3.8) is 0 Å². The average molecular weight is 209 g/mol. The summed E-state index contributed by atoms with van der Waals surface area (Å²) in [5.41, 5.74) is 1.95. The van der Waals surface area contributed by atoms with Crippen molar-refractivity contribution in [2.24, 2.45) is 0 Å². The number of thiophene rings is 1. The highest BCUT2D eigenvalue weighted by molar-refractivity contribution is 7.16. The number of hydrogen-bond acceptors (Lipinski definition) is 2. The second kappa shape index (κ2) is 2.47. The van der Waals surface area contributed by atoms with Gasteiger partial charge in [-0.1, -0.05) is 11.6 Å². The molecule has 0 radical (unpaired) electrons. The van der Waals surface area contributed by atoms with Gasteiger partial charge in [0.25, 0.3) is 0 Å². The second-order valence-corrected chi connectivity index (χ2v) is 4.13. The van der Waals surface area contributed by atoms with Gasteiger partial charge >= 0.3 is 0 Å². The van der Waals surface area contributed by atoms with Gasteiger partial charge in [-0.15, -0.1) is 11.3 Å². The first-order valence-electron chi connectivity index (χ1n) is 3.85. The number of rotatable bonds is 0. The van der Waals surface area contributed by atoms with Crippen LogP contribution in [0, 0.1) is 0 Å². The minimum absolute atomic E-state index is 0.727.